The first-order chi connectivity index (χ1) is 14.8. The predicted molar refractivity (Wildman–Crippen MR) is 131 cm³/mol. The van der Waals surface area contributed by atoms with Crippen LogP contribution in [0.25, 0.3) is 16.3 Å². The Morgan fingerprint density at radius 2 is 1.65 bits per heavy atom. The molecule has 2 aliphatic rings. The van der Waals surface area contributed by atoms with E-state index in [1.165, 1.54) is 38.8 Å². The Morgan fingerprint density at radius 1 is 0.935 bits per heavy atom. The minimum absolute atomic E-state index is 0.0284. The average molecular weight is 411 g/mol. The highest BCUT2D eigenvalue weighted by Crippen LogP contribution is 2.53. The number of hydrogen-bond donors (Lipinski definition) is 0. The lowest BCUT2D eigenvalue weighted by molar-refractivity contribution is -0.118. The van der Waals surface area contributed by atoms with E-state index in [9.17, 15) is 4.79 Å². The molecule has 31 heavy (non-hydrogen) atoms. The summed E-state index contributed by atoms with van der Waals surface area (Å²) in [4.78, 5) is 18.0. The summed E-state index contributed by atoms with van der Waals surface area (Å²) in [5, 5.41) is 2.47. The first-order valence-corrected chi connectivity index (χ1v) is 11.1. The lowest BCUT2D eigenvalue weighted by atomic mass is 9.67. The molecule has 1 heterocycles. The molecule has 3 nitrogen and oxygen atoms in total. The molecule has 5 rings (SSSR count). The van der Waals surface area contributed by atoms with Crippen LogP contribution in [-0.4, -0.2) is 26.9 Å². The smallest absolute Gasteiger partial charge is 0.162 e. The van der Waals surface area contributed by atoms with Gasteiger partial charge in [0.1, 0.15) is 0 Å². The van der Waals surface area contributed by atoms with Crippen LogP contribution in [0.15, 0.2) is 66.2 Å². The summed E-state index contributed by atoms with van der Waals surface area (Å²) in [6, 6.07) is 21.6. The Morgan fingerprint density at radius 3 is 2.35 bits per heavy atom. The summed E-state index contributed by atoms with van der Waals surface area (Å²) in [6.07, 6.45) is 1.53. The molecule has 0 fully saturated rings. The second-order valence-electron chi connectivity index (χ2n) is 10.0. The van der Waals surface area contributed by atoms with Gasteiger partial charge >= 0.3 is 0 Å². The maximum Gasteiger partial charge on any atom is 0.162 e. The Balaban J connectivity index is 1.78. The van der Waals surface area contributed by atoms with E-state index < -0.39 is 0 Å². The molecule has 0 aromatic heterocycles. The van der Waals surface area contributed by atoms with Crippen molar-refractivity contribution in [1.29, 1.82) is 0 Å². The molecule has 0 bridgehead atoms. The lowest BCUT2D eigenvalue weighted by Crippen LogP contribution is -2.38. The molecule has 0 spiro atoms. The quantitative estimate of drug-likeness (QED) is 0.500. The first kappa shape index (κ1) is 19.9. The molecular formula is C28H30N2O. The molecule has 0 saturated carbocycles. The van der Waals surface area contributed by atoms with Crippen molar-refractivity contribution in [3.05, 3.63) is 77.4 Å². The van der Waals surface area contributed by atoms with Crippen molar-refractivity contribution in [2.24, 2.45) is 5.41 Å². The normalized spacial score (nSPS) is 20.0. The number of likely N-dealkylation sites (N-methyl/N-ethyl adjacent to an activating group) is 1. The Hall–Kier alpha value is -3.07. The Labute approximate surface area is 185 Å². The summed E-state index contributed by atoms with van der Waals surface area (Å²) in [5.74, 6) is 0.290. The summed E-state index contributed by atoms with van der Waals surface area (Å²) < 4.78 is 0. The number of fused-ring (bicyclic) bond motifs is 4. The van der Waals surface area contributed by atoms with Gasteiger partial charge in [0.25, 0.3) is 0 Å². The lowest BCUT2D eigenvalue weighted by Gasteiger charge is -2.44. The van der Waals surface area contributed by atoms with Crippen LogP contribution in [0.3, 0.4) is 0 Å². The van der Waals surface area contributed by atoms with Crippen molar-refractivity contribution in [1.82, 2.24) is 0 Å². The fourth-order valence-electron chi connectivity index (χ4n) is 5.42. The number of carbonyl (C=O) groups is 1. The highest BCUT2D eigenvalue weighted by atomic mass is 16.1. The van der Waals surface area contributed by atoms with Gasteiger partial charge in [0.05, 0.1) is 6.04 Å². The van der Waals surface area contributed by atoms with E-state index in [1.54, 1.807) is 0 Å². The SMILES string of the molecule is CN(C)c1ccc(C2C3=C(CC(C)(C)CC3=O)c3c(ccc4ccccc34)N2C)cc1. The van der Waals surface area contributed by atoms with Gasteiger partial charge in [-0.25, -0.2) is 0 Å². The zero-order valence-electron chi connectivity index (χ0n) is 19.1. The minimum atomic E-state index is -0.0523. The van der Waals surface area contributed by atoms with Crippen LogP contribution in [0, 0.1) is 5.41 Å². The number of nitrogens with zero attached hydrogens (tertiary/aromatic N) is 2. The van der Waals surface area contributed by atoms with Crippen molar-refractivity contribution < 1.29 is 4.79 Å². The molecule has 1 unspecified atom stereocenters. The molecular weight excluding hydrogens is 380 g/mol. The van der Waals surface area contributed by atoms with E-state index >= 15 is 0 Å². The van der Waals surface area contributed by atoms with Crippen LogP contribution >= 0.6 is 0 Å². The van der Waals surface area contributed by atoms with Crippen LogP contribution < -0.4 is 9.80 Å². The van der Waals surface area contributed by atoms with Crippen LogP contribution in [0.5, 0.6) is 0 Å². The molecule has 0 amide bonds. The van der Waals surface area contributed by atoms with E-state index in [-0.39, 0.29) is 11.5 Å². The van der Waals surface area contributed by atoms with E-state index in [4.69, 9.17) is 0 Å². The third-order valence-electron chi connectivity index (χ3n) is 6.89. The molecule has 0 saturated heterocycles. The second kappa shape index (κ2) is 6.98. The molecule has 1 aliphatic carbocycles. The molecule has 0 N–H and O–H groups in total. The van der Waals surface area contributed by atoms with E-state index in [1.807, 2.05) is 0 Å². The summed E-state index contributed by atoms with van der Waals surface area (Å²) in [6.45, 7) is 4.44. The van der Waals surface area contributed by atoms with Gasteiger partial charge in [0.2, 0.25) is 0 Å². The van der Waals surface area contributed by atoms with Crippen LogP contribution in [0.2, 0.25) is 0 Å². The number of ketones is 1. The number of carbonyl (C=O) groups excluding carboxylic acids is 1. The molecule has 158 valence electrons. The monoisotopic (exact) mass is 410 g/mol. The van der Waals surface area contributed by atoms with Crippen LogP contribution in [0.4, 0.5) is 11.4 Å². The van der Waals surface area contributed by atoms with Gasteiger partial charge in [-0.05, 0) is 51.9 Å². The largest absolute Gasteiger partial charge is 0.378 e. The van der Waals surface area contributed by atoms with Gasteiger partial charge in [-0.2, -0.15) is 0 Å². The van der Waals surface area contributed by atoms with Crippen molar-refractivity contribution in [2.75, 3.05) is 30.9 Å². The number of allylic oxidation sites excluding steroid dienone is 1. The van der Waals surface area contributed by atoms with Crippen molar-refractivity contribution in [3.63, 3.8) is 0 Å². The van der Waals surface area contributed by atoms with Gasteiger partial charge in [0, 0.05) is 50.1 Å². The van der Waals surface area contributed by atoms with Gasteiger partial charge in [-0.1, -0.05) is 56.3 Å². The van der Waals surface area contributed by atoms with Gasteiger partial charge in [0.15, 0.2) is 5.78 Å². The van der Waals surface area contributed by atoms with E-state index in [0.717, 1.165) is 12.0 Å². The molecule has 1 aliphatic heterocycles. The molecule has 3 aromatic rings. The van der Waals surface area contributed by atoms with Gasteiger partial charge in [-0.3, -0.25) is 4.79 Å². The number of benzene rings is 3. The molecule has 1 atom stereocenters. The zero-order valence-corrected chi connectivity index (χ0v) is 19.1. The highest BCUT2D eigenvalue weighted by molar-refractivity contribution is 6.13. The molecule has 0 radical (unpaired) electrons. The minimum Gasteiger partial charge on any atom is -0.378 e. The highest BCUT2D eigenvalue weighted by Gasteiger charge is 2.42. The first-order valence-electron chi connectivity index (χ1n) is 11.1. The Kier molecular flexibility index (Phi) is 4.47. The zero-order chi connectivity index (χ0) is 21.9. The van der Waals surface area contributed by atoms with Gasteiger partial charge < -0.3 is 9.80 Å². The van der Waals surface area contributed by atoms with Crippen molar-refractivity contribution in [2.45, 2.75) is 32.7 Å². The maximum absolute atomic E-state index is 13.6. The summed E-state index contributed by atoms with van der Waals surface area (Å²) >= 11 is 0. The topological polar surface area (TPSA) is 23.6 Å². The predicted octanol–water partition coefficient (Wildman–Crippen LogP) is 6.24. The van der Waals surface area contributed by atoms with Crippen molar-refractivity contribution in [3.8, 4) is 0 Å². The average Bonchev–Trinajstić information content (AvgIpc) is 2.73. The van der Waals surface area contributed by atoms with E-state index in [2.05, 4.69) is 105 Å². The fourth-order valence-corrected chi connectivity index (χ4v) is 5.42. The Bertz CT molecular complexity index is 1220. The standard InChI is InChI=1S/C28H30N2O/c1-28(2)16-22-25-21-9-7-6-8-18(21)12-15-23(25)30(5)27(26(22)24(31)17-28)19-10-13-20(14-11-19)29(3)4/h6-15,27H,16-17H2,1-5H3. The number of Topliss-reactive ketones (excluding diaryl/α,β-unsaturated/α-hetero) is 1. The fraction of sp³-hybridized carbons (Fsp3) is 0.321. The van der Waals surface area contributed by atoms with E-state index in [0.29, 0.717) is 12.2 Å². The van der Waals surface area contributed by atoms with Crippen LogP contribution in [0.1, 0.15) is 43.9 Å². The van der Waals surface area contributed by atoms with Crippen molar-refractivity contribution >= 4 is 33.5 Å². The summed E-state index contributed by atoms with van der Waals surface area (Å²) in [7, 11) is 6.24. The van der Waals surface area contributed by atoms with Gasteiger partial charge in [-0.15, -0.1) is 0 Å². The van der Waals surface area contributed by atoms with Crippen LogP contribution in [-0.2, 0) is 4.79 Å². The third kappa shape index (κ3) is 3.15. The number of anilines is 2. The number of hydrogen-bond acceptors (Lipinski definition) is 3. The number of rotatable bonds is 2. The summed E-state index contributed by atoms with van der Waals surface area (Å²) in [5.41, 5.74) is 7.00. The maximum atomic E-state index is 13.6. The second-order valence-corrected chi connectivity index (χ2v) is 10.0. The molecule has 3 aromatic carbocycles. The molecule has 3 heteroatoms. The third-order valence-corrected chi connectivity index (χ3v) is 6.89.